The van der Waals surface area contributed by atoms with E-state index in [-0.39, 0.29) is 17.0 Å². The quantitative estimate of drug-likeness (QED) is 0.517. The lowest BCUT2D eigenvalue weighted by Gasteiger charge is -2.21. The molecule has 5 nitrogen and oxygen atoms in total. The van der Waals surface area contributed by atoms with Gasteiger partial charge in [0.2, 0.25) is 0 Å². The molecule has 0 fully saturated rings. The van der Waals surface area contributed by atoms with Gasteiger partial charge in [-0.05, 0) is 53.8 Å². The second-order valence-electron chi connectivity index (χ2n) is 9.19. The molecule has 168 valence electrons. The molecule has 0 bridgehead atoms. The molecule has 1 aliphatic heterocycles. The third-order valence-corrected chi connectivity index (χ3v) is 5.74. The normalized spacial score (nSPS) is 14.2. The summed E-state index contributed by atoms with van der Waals surface area (Å²) < 4.78 is 5.51. The molecule has 0 atom stereocenters. The minimum Gasteiger partial charge on any atom is -0.496 e. The van der Waals surface area contributed by atoms with Gasteiger partial charge in [0.15, 0.2) is 0 Å². The smallest absolute Gasteiger partial charge is 0.282 e. The lowest BCUT2D eigenvalue weighted by Crippen LogP contribution is -2.32. The van der Waals surface area contributed by atoms with Gasteiger partial charge in [-0.1, -0.05) is 63.2 Å². The average Bonchev–Trinajstić information content (AvgIpc) is 3.02. The number of amides is 2. The summed E-state index contributed by atoms with van der Waals surface area (Å²) in [4.78, 5) is 28.5. The lowest BCUT2D eigenvalue weighted by atomic mass is 9.87. The van der Waals surface area contributed by atoms with E-state index >= 15 is 0 Å². The van der Waals surface area contributed by atoms with Crippen LogP contribution in [0.5, 0.6) is 5.75 Å². The van der Waals surface area contributed by atoms with E-state index in [1.165, 1.54) is 4.90 Å². The van der Waals surface area contributed by atoms with E-state index in [4.69, 9.17) is 4.74 Å². The summed E-state index contributed by atoms with van der Waals surface area (Å²) in [6.45, 7) is 8.35. The number of carbonyl (C=O) groups excluding carboxylic acids is 2. The van der Waals surface area contributed by atoms with Crippen molar-refractivity contribution in [2.45, 2.75) is 33.1 Å². The van der Waals surface area contributed by atoms with Crippen LogP contribution in [0, 0.1) is 6.92 Å². The number of hydrogen-bond donors (Lipinski definition) is 1. The zero-order valence-corrected chi connectivity index (χ0v) is 19.6. The highest BCUT2D eigenvalue weighted by Gasteiger charge is 2.41. The van der Waals surface area contributed by atoms with Crippen LogP contribution in [-0.4, -0.2) is 18.9 Å². The fraction of sp³-hybridized carbons (Fsp3) is 0.214. The van der Waals surface area contributed by atoms with Crippen LogP contribution in [-0.2, 0) is 15.0 Å². The first-order valence-electron chi connectivity index (χ1n) is 10.9. The second kappa shape index (κ2) is 8.58. The molecule has 0 saturated heterocycles. The fourth-order valence-corrected chi connectivity index (χ4v) is 3.96. The molecule has 0 aromatic heterocycles. The maximum Gasteiger partial charge on any atom is 0.282 e. The summed E-state index contributed by atoms with van der Waals surface area (Å²) in [6.07, 6.45) is 0. The Kier molecular flexibility index (Phi) is 5.81. The number of carbonyl (C=O) groups is 2. The van der Waals surface area contributed by atoms with Crippen LogP contribution in [0.2, 0.25) is 0 Å². The Morgan fingerprint density at radius 3 is 2.18 bits per heavy atom. The molecule has 1 heterocycles. The van der Waals surface area contributed by atoms with Gasteiger partial charge in [0.05, 0.1) is 18.4 Å². The van der Waals surface area contributed by atoms with Crippen molar-refractivity contribution in [2.75, 3.05) is 17.3 Å². The molecule has 33 heavy (non-hydrogen) atoms. The first kappa shape index (κ1) is 22.3. The SMILES string of the molecule is COc1ccccc1C1=C(Nc2cccc(C)c2)C(=O)N(c2ccc(C(C)(C)C)cc2)C1=O. The lowest BCUT2D eigenvalue weighted by molar-refractivity contribution is -0.120. The molecule has 3 aromatic carbocycles. The number of imide groups is 1. The first-order chi connectivity index (χ1) is 15.7. The molecular formula is C28H28N2O3. The molecule has 5 heteroatoms. The first-order valence-corrected chi connectivity index (χ1v) is 10.9. The van der Waals surface area contributed by atoms with E-state index in [1.54, 1.807) is 19.2 Å². The van der Waals surface area contributed by atoms with E-state index in [9.17, 15) is 9.59 Å². The van der Waals surface area contributed by atoms with Crippen LogP contribution in [0.4, 0.5) is 11.4 Å². The minimum atomic E-state index is -0.397. The van der Waals surface area contributed by atoms with Crippen molar-refractivity contribution >= 4 is 28.8 Å². The highest BCUT2D eigenvalue weighted by Crippen LogP contribution is 2.38. The van der Waals surface area contributed by atoms with Gasteiger partial charge >= 0.3 is 0 Å². The number of hydrogen-bond acceptors (Lipinski definition) is 4. The van der Waals surface area contributed by atoms with Gasteiger partial charge in [-0.15, -0.1) is 0 Å². The second-order valence-corrected chi connectivity index (χ2v) is 9.19. The van der Waals surface area contributed by atoms with Crippen LogP contribution >= 0.6 is 0 Å². The Bertz CT molecular complexity index is 1250. The summed E-state index contributed by atoms with van der Waals surface area (Å²) in [7, 11) is 1.55. The third kappa shape index (κ3) is 4.27. The van der Waals surface area contributed by atoms with E-state index in [1.807, 2.05) is 67.6 Å². The van der Waals surface area contributed by atoms with Crippen LogP contribution in [0.15, 0.2) is 78.5 Å². The zero-order valence-electron chi connectivity index (χ0n) is 19.6. The molecule has 0 radical (unpaired) electrons. The monoisotopic (exact) mass is 440 g/mol. The van der Waals surface area contributed by atoms with Crippen LogP contribution in [0.25, 0.3) is 5.57 Å². The van der Waals surface area contributed by atoms with Crippen molar-refractivity contribution in [1.82, 2.24) is 0 Å². The van der Waals surface area contributed by atoms with Crippen LogP contribution in [0.3, 0.4) is 0 Å². The number of nitrogens with zero attached hydrogens (tertiary/aromatic N) is 1. The molecule has 0 unspecified atom stereocenters. The summed E-state index contributed by atoms with van der Waals surface area (Å²) in [5.74, 6) is -0.254. The predicted molar refractivity (Wildman–Crippen MR) is 132 cm³/mol. The number of aryl methyl sites for hydroxylation is 1. The number of benzene rings is 3. The number of para-hydroxylation sites is 1. The third-order valence-electron chi connectivity index (χ3n) is 5.74. The Labute approximate surface area is 194 Å². The Balaban J connectivity index is 1.82. The molecule has 3 aromatic rings. The zero-order chi connectivity index (χ0) is 23.8. The highest BCUT2D eigenvalue weighted by molar-refractivity contribution is 6.46. The van der Waals surface area contributed by atoms with Gasteiger partial charge in [0.1, 0.15) is 11.4 Å². The van der Waals surface area contributed by atoms with Crippen molar-refractivity contribution in [3.8, 4) is 5.75 Å². The van der Waals surface area contributed by atoms with Crippen molar-refractivity contribution in [2.24, 2.45) is 0 Å². The molecule has 2 amide bonds. The number of anilines is 2. The maximum absolute atomic E-state index is 13.7. The van der Waals surface area contributed by atoms with Crippen molar-refractivity contribution in [3.63, 3.8) is 0 Å². The molecule has 0 saturated carbocycles. The summed E-state index contributed by atoms with van der Waals surface area (Å²) in [5, 5.41) is 3.21. The van der Waals surface area contributed by atoms with Crippen LogP contribution < -0.4 is 15.0 Å². The molecule has 4 rings (SSSR count). The molecule has 1 aliphatic rings. The van der Waals surface area contributed by atoms with Crippen LogP contribution in [0.1, 0.15) is 37.5 Å². The maximum atomic E-state index is 13.7. The Morgan fingerprint density at radius 2 is 1.55 bits per heavy atom. The topological polar surface area (TPSA) is 58.6 Å². The van der Waals surface area contributed by atoms with E-state index in [0.29, 0.717) is 22.6 Å². The fourth-order valence-electron chi connectivity index (χ4n) is 3.96. The van der Waals surface area contributed by atoms with Crippen molar-refractivity contribution in [3.05, 3.63) is 95.2 Å². The standard InChI is InChI=1S/C28H28N2O3/c1-18-9-8-10-20(17-18)29-25-24(22-11-6-7-12-23(22)33-5)26(31)30(27(25)32)21-15-13-19(14-16-21)28(2,3)4/h6-17,29H,1-5H3. The highest BCUT2D eigenvalue weighted by atomic mass is 16.5. The van der Waals surface area contributed by atoms with Gasteiger partial charge in [0, 0.05) is 11.3 Å². The molecular weight excluding hydrogens is 412 g/mol. The Morgan fingerprint density at radius 1 is 0.848 bits per heavy atom. The van der Waals surface area contributed by atoms with Gasteiger partial charge in [-0.3, -0.25) is 9.59 Å². The van der Waals surface area contributed by atoms with Gasteiger partial charge in [-0.2, -0.15) is 0 Å². The summed E-state index contributed by atoms with van der Waals surface area (Å²) >= 11 is 0. The van der Waals surface area contributed by atoms with E-state index < -0.39 is 5.91 Å². The van der Waals surface area contributed by atoms with E-state index in [2.05, 4.69) is 26.1 Å². The van der Waals surface area contributed by atoms with E-state index in [0.717, 1.165) is 16.8 Å². The molecule has 0 aliphatic carbocycles. The average molecular weight is 441 g/mol. The molecule has 1 N–H and O–H groups in total. The number of rotatable bonds is 5. The van der Waals surface area contributed by atoms with Gasteiger partial charge < -0.3 is 10.1 Å². The minimum absolute atomic E-state index is 0.0315. The number of ether oxygens (including phenoxy) is 1. The summed E-state index contributed by atoms with van der Waals surface area (Å²) in [5.41, 5.74) is 4.51. The summed E-state index contributed by atoms with van der Waals surface area (Å²) in [6, 6.07) is 22.5. The van der Waals surface area contributed by atoms with Gasteiger partial charge in [0.25, 0.3) is 11.8 Å². The predicted octanol–water partition coefficient (Wildman–Crippen LogP) is 5.70. The largest absolute Gasteiger partial charge is 0.496 e. The van der Waals surface area contributed by atoms with Gasteiger partial charge in [-0.25, -0.2) is 4.90 Å². The number of nitrogens with one attached hydrogen (secondary N) is 1. The molecule has 0 spiro atoms. The number of methoxy groups -OCH3 is 1. The van der Waals surface area contributed by atoms with Crippen molar-refractivity contribution < 1.29 is 14.3 Å². The Hall–Kier alpha value is -3.86. The van der Waals surface area contributed by atoms with Crippen molar-refractivity contribution in [1.29, 1.82) is 0 Å².